The minimum atomic E-state index is 0.202. The van der Waals surface area contributed by atoms with Gasteiger partial charge in [-0.2, -0.15) is 0 Å². The molecule has 1 fully saturated rings. The molecule has 1 aromatic rings. The Hall–Kier alpha value is -0.410. The molecule has 0 spiro atoms. The van der Waals surface area contributed by atoms with Crippen molar-refractivity contribution < 1.29 is 0 Å². The van der Waals surface area contributed by atoms with Gasteiger partial charge in [-0.3, -0.25) is 0 Å². The Bertz CT molecular complexity index is 315. The fraction of sp³-hybridized carbons (Fsp3) is 0.727. The van der Waals surface area contributed by atoms with E-state index in [1.807, 2.05) is 5.51 Å². The third-order valence-corrected chi connectivity index (χ3v) is 4.46. The van der Waals surface area contributed by atoms with Crippen molar-refractivity contribution in [2.24, 2.45) is 11.1 Å². The molecule has 2 N–H and O–H groups in total. The second-order valence-corrected chi connectivity index (χ2v) is 5.66. The maximum atomic E-state index is 6.21. The number of rotatable bonds is 3. The molecular formula is C11H18N2S. The number of nitrogens with zero attached hydrogens (tertiary/aromatic N) is 1. The molecule has 0 aliphatic heterocycles. The Morgan fingerprint density at radius 3 is 2.79 bits per heavy atom. The van der Waals surface area contributed by atoms with E-state index in [-0.39, 0.29) is 6.04 Å². The van der Waals surface area contributed by atoms with Crippen molar-refractivity contribution >= 4 is 11.3 Å². The van der Waals surface area contributed by atoms with Crippen LogP contribution in [-0.4, -0.2) is 4.98 Å². The topological polar surface area (TPSA) is 38.9 Å². The second kappa shape index (κ2) is 3.63. The zero-order valence-corrected chi connectivity index (χ0v) is 9.73. The van der Waals surface area contributed by atoms with Crippen molar-refractivity contribution in [2.75, 3.05) is 0 Å². The highest BCUT2D eigenvalue weighted by molar-refractivity contribution is 7.09. The number of aromatic nitrogens is 1. The molecule has 0 bridgehead atoms. The first-order valence-corrected chi connectivity index (χ1v) is 6.14. The number of hydrogen-bond donors (Lipinski definition) is 1. The van der Waals surface area contributed by atoms with Gasteiger partial charge in [0.25, 0.3) is 0 Å². The van der Waals surface area contributed by atoms with Gasteiger partial charge in [0.15, 0.2) is 0 Å². The molecule has 78 valence electrons. The summed E-state index contributed by atoms with van der Waals surface area (Å²) in [5.74, 6) is 0. The van der Waals surface area contributed by atoms with Crippen molar-refractivity contribution in [3.63, 3.8) is 0 Å². The van der Waals surface area contributed by atoms with Crippen LogP contribution in [0.3, 0.4) is 0 Å². The third kappa shape index (κ3) is 1.84. The predicted molar refractivity (Wildman–Crippen MR) is 60.4 cm³/mol. The third-order valence-electron chi connectivity index (χ3n) is 3.39. The summed E-state index contributed by atoms with van der Waals surface area (Å²) in [6.45, 7) is 4.40. The highest BCUT2D eigenvalue weighted by atomic mass is 32.1. The van der Waals surface area contributed by atoms with E-state index in [2.05, 4.69) is 18.8 Å². The number of hydrogen-bond acceptors (Lipinski definition) is 3. The standard InChI is InChI=1S/C11H18N2S/c1-8-10(14-7-13-8)9(12)6-11(2)4-3-5-11/h7,9H,3-6,12H2,1-2H3. The first-order chi connectivity index (χ1) is 6.61. The van der Waals surface area contributed by atoms with Crippen molar-refractivity contribution in [3.05, 3.63) is 16.1 Å². The Labute approximate surface area is 89.5 Å². The maximum Gasteiger partial charge on any atom is 0.0798 e. The average molecular weight is 210 g/mol. The molecule has 1 aliphatic rings. The quantitative estimate of drug-likeness (QED) is 0.833. The Morgan fingerprint density at radius 1 is 1.64 bits per heavy atom. The van der Waals surface area contributed by atoms with Gasteiger partial charge >= 0.3 is 0 Å². The first kappa shape index (κ1) is 10.1. The molecule has 1 aliphatic carbocycles. The van der Waals surface area contributed by atoms with Crippen LogP contribution in [0.25, 0.3) is 0 Å². The SMILES string of the molecule is Cc1ncsc1C(N)CC1(C)CCC1. The second-order valence-electron chi connectivity index (χ2n) is 4.78. The van der Waals surface area contributed by atoms with E-state index in [9.17, 15) is 0 Å². The van der Waals surface area contributed by atoms with Gasteiger partial charge < -0.3 is 5.73 Å². The van der Waals surface area contributed by atoms with Crippen molar-refractivity contribution in [1.82, 2.24) is 4.98 Å². The summed E-state index contributed by atoms with van der Waals surface area (Å²) >= 11 is 1.70. The van der Waals surface area contributed by atoms with Crippen molar-refractivity contribution in [3.8, 4) is 0 Å². The van der Waals surface area contributed by atoms with Gasteiger partial charge in [-0.1, -0.05) is 13.3 Å². The molecule has 0 saturated heterocycles. The zero-order valence-electron chi connectivity index (χ0n) is 8.92. The minimum Gasteiger partial charge on any atom is -0.323 e. The Balaban J connectivity index is 2.02. The summed E-state index contributed by atoms with van der Waals surface area (Å²) in [7, 11) is 0. The fourth-order valence-electron chi connectivity index (χ4n) is 2.27. The van der Waals surface area contributed by atoms with Gasteiger partial charge in [0.1, 0.15) is 0 Å². The molecule has 0 aromatic carbocycles. The molecule has 3 heteroatoms. The lowest BCUT2D eigenvalue weighted by molar-refractivity contribution is 0.135. The summed E-state index contributed by atoms with van der Waals surface area (Å²) in [5, 5.41) is 0. The van der Waals surface area contributed by atoms with Gasteiger partial charge in [-0.05, 0) is 31.6 Å². The molecular weight excluding hydrogens is 192 g/mol. The molecule has 1 heterocycles. The van der Waals surface area contributed by atoms with Crippen molar-refractivity contribution in [2.45, 2.75) is 45.6 Å². The van der Waals surface area contributed by atoms with Crippen LogP contribution in [0.2, 0.25) is 0 Å². The van der Waals surface area contributed by atoms with Crippen LogP contribution < -0.4 is 5.73 Å². The predicted octanol–water partition coefficient (Wildman–Crippen LogP) is 3.03. The van der Waals surface area contributed by atoms with Crippen LogP contribution in [0.5, 0.6) is 0 Å². The van der Waals surface area contributed by atoms with Crippen LogP contribution in [0.15, 0.2) is 5.51 Å². The number of nitrogens with two attached hydrogens (primary N) is 1. The zero-order chi connectivity index (χ0) is 10.2. The minimum absolute atomic E-state index is 0.202. The molecule has 1 atom stereocenters. The molecule has 1 unspecified atom stereocenters. The first-order valence-electron chi connectivity index (χ1n) is 5.26. The van der Waals surface area contributed by atoms with Gasteiger partial charge in [0.05, 0.1) is 11.2 Å². The average Bonchev–Trinajstić information content (AvgIpc) is 2.48. The summed E-state index contributed by atoms with van der Waals surface area (Å²) in [5.41, 5.74) is 9.73. The number of aryl methyl sites for hydroxylation is 1. The lowest BCUT2D eigenvalue weighted by atomic mass is 9.67. The van der Waals surface area contributed by atoms with E-state index in [1.165, 1.54) is 24.1 Å². The van der Waals surface area contributed by atoms with Crippen LogP contribution in [-0.2, 0) is 0 Å². The van der Waals surface area contributed by atoms with Crippen molar-refractivity contribution in [1.29, 1.82) is 0 Å². The molecule has 0 radical (unpaired) electrons. The highest BCUT2D eigenvalue weighted by Crippen LogP contribution is 2.46. The fourth-order valence-corrected chi connectivity index (χ4v) is 3.08. The molecule has 1 saturated carbocycles. The largest absolute Gasteiger partial charge is 0.323 e. The molecule has 2 nitrogen and oxygen atoms in total. The molecule has 0 amide bonds. The van der Waals surface area contributed by atoms with E-state index >= 15 is 0 Å². The van der Waals surface area contributed by atoms with Gasteiger partial charge in [-0.25, -0.2) is 4.98 Å². The molecule has 1 aromatic heterocycles. The lowest BCUT2D eigenvalue weighted by Crippen LogP contribution is -2.30. The molecule has 14 heavy (non-hydrogen) atoms. The number of thiazole rings is 1. The maximum absolute atomic E-state index is 6.21. The lowest BCUT2D eigenvalue weighted by Gasteiger charge is -2.40. The normalized spacial score (nSPS) is 21.6. The highest BCUT2D eigenvalue weighted by Gasteiger charge is 2.34. The Morgan fingerprint density at radius 2 is 2.36 bits per heavy atom. The summed E-state index contributed by atoms with van der Waals surface area (Å²) in [6.07, 6.45) is 5.19. The monoisotopic (exact) mass is 210 g/mol. The summed E-state index contributed by atoms with van der Waals surface area (Å²) < 4.78 is 0. The van der Waals surface area contributed by atoms with Crippen LogP contribution in [0.1, 0.15) is 49.2 Å². The van der Waals surface area contributed by atoms with Crippen LogP contribution in [0.4, 0.5) is 0 Å². The van der Waals surface area contributed by atoms with E-state index in [1.54, 1.807) is 11.3 Å². The summed E-state index contributed by atoms with van der Waals surface area (Å²) in [4.78, 5) is 5.53. The molecule has 2 rings (SSSR count). The van der Waals surface area contributed by atoms with Gasteiger partial charge in [0.2, 0.25) is 0 Å². The van der Waals surface area contributed by atoms with E-state index in [4.69, 9.17) is 5.73 Å². The van der Waals surface area contributed by atoms with Crippen LogP contribution in [0, 0.1) is 12.3 Å². The van der Waals surface area contributed by atoms with Gasteiger partial charge in [0, 0.05) is 10.9 Å². The summed E-state index contributed by atoms with van der Waals surface area (Å²) in [6, 6.07) is 0.202. The Kier molecular flexibility index (Phi) is 2.62. The van der Waals surface area contributed by atoms with Crippen LogP contribution >= 0.6 is 11.3 Å². The van der Waals surface area contributed by atoms with Gasteiger partial charge in [-0.15, -0.1) is 11.3 Å². The van der Waals surface area contributed by atoms with E-state index < -0.39 is 0 Å². The van der Waals surface area contributed by atoms with E-state index in [0.717, 1.165) is 12.1 Å². The smallest absolute Gasteiger partial charge is 0.0798 e. The van der Waals surface area contributed by atoms with E-state index in [0.29, 0.717) is 5.41 Å².